The molecule has 0 amide bonds. The van der Waals surface area contributed by atoms with Gasteiger partial charge in [0.25, 0.3) is 0 Å². The van der Waals surface area contributed by atoms with Gasteiger partial charge in [0.05, 0.1) is 19.3 Å². The largest absolute Gasteiger partial charge is 0.497 e. The number of carbonyl (C=O) groups excluding carboxylic acids is 1. The first-order chi connectivity index (χ1) is 13.2. The number of rotatable bonds is 5. The molecule has 2 aromatic carbocycles. The van der Waals surface area contributed by atoms with Crippen LogP contribution in [-0.4, -0.2) is 24.5 Å². The predicted molar refractivity (Wildman–Crippen MR) is 101 cm³/mol. The number of benzene rings is 2. The Morgan fingerprint density at radius 1 is 0.963 bits per heavy atom. The van der Waals surface area contributed by atoms with Gasteiger partial charge in [-0.1, -0.05) is 12.1 Å². The molecule has 0 bridgehead atoms. The molecular weight excluding hydrogens is 342 g/mol. The smallest absolute Gasteiger partial charge is 0.169 e. The molecule has 0 saturated carbocycles. The van der Waals surface area contributed by atoms with E-state index in [1.54, 1.807) is 31.6 Å². The lowest BCUT2D eigenvalue weighted by Gasteiger charge is -2.22. The van der Waals surface area contributed by atoms with Gasteiger partial charge in [-0.25, -0.2) is 0 Å². The summed E-state index contributed by atoms with van der Waals surface area (Å²) in [5.74, 6) is 2.10. The van der Waals surface area contributed by atoms with Crippen molar-refractivity contribution in [2.24, 2.45) is 0 Å². The second-order valence-corrected chi connectivity index (χ2v) is 6.23. The molecule has 0 fully saturated rings. The minimum atomic E-state index is -0.323. The molecule has 0 unspecified atom stereocenters. The Labute approximate surface area is 157 Å². The van der Waals surface area contributed by atoms with Crippen LogP contribution in [0.4, 0.5) is 0 Å². The van der Waals surface area contributed by atoms with Crippen molar-refractivity contribution < 1.29 is 19.0 Å². The molecule has 5 heteroatoms. The van der Waals surface area contributed by atoms with E-state index in [4.69, 9.17) is 14.2 Å². The third-order valence-corrected chi connectivity index (χ3v) is 4.52. The molecule has 1 aliphatic rings. The van der Waals surface area contributed by atoms with E-state index < -0.39 is 0 Å². The second-order valence-electron chi connectivity index (χ2n) is 6.23. The number of Topliss-reactive ketones (excluding diaryl/α,β-unsaturated/α-hetero) is 1. The summed E-state index contributed by atoms with van der Waals surface area (Å²) < 4.78 is 17.2. The van der Waals surface area contributed by atoms with Gasteiger partial charge in [-0.2, -0.15) is 0 Å². The van der Waals surface area contributed by atoms with Crippen LogP contribution in [0.3, 0.4) is 0 Å². The molecule has 3 aromatic rings. The van der Waals surface area contributed by atoms with Gasteiger partial charge in [0.15, 0.2) is 5.78 Å². The molecule has 136 valence electrons. The van der Waals surface area contributed by atoms with Gasteiger partial charge >= 0.3 is 0 Å². The zero-order valence-electron chi connectivity index (χ0n) is 14.9. The quantitative estimate of drug-likeness (QED) is 0.681. The molecule has 5 nitrogen and oxygen atoms in total. The molecule has 1 aliphatic heterocycles. The molecule has 2 heterocycles. The fourth-order valence-corrected chi connectivity index (χ4v) is 3.10. The van der Waals surface area contributed by atoms with Crippen LogP contribution in [0.1, 0.15) is 34.0 Å². The van der Waals surface area contributed by atoms with E-state index in [2.05, 4.69) is 4.98 Å². The molecule has 4 rings (SSSR count). The van der Waals surface area contributed by atoms with Gasteiger partial charge in [-0.15, -0.1) is 0 Å². The van der Waals surface area contributed by atoms with Crippen molar-refractivity contribution in [1.82, 2.24) is 4.98 Å². The summed E-state index contributed by atoms with van der Waals surface area (Å²) in [6, 6.07) is 17.0. The van der Waals surface area contributed by atoms with Crippen LogP contribution in [0.5, 0.6) is 17.2 Å². The summed E-state index contributed by atoms with van der Waals surface area (Å²) in [4.78, 5) is 16.1. The van der Waals surface area contributed by atoms with Crippen molar-refractivity contribution in [3.05, 3.63) is 83.7 Å². The van der Waals surface area contributed by atoms with E-state index in [1.807, 2.05) is 42.5 Å². The van der Waals surface area contributed by atoms with Crippen LogP contribution in [0.15, 0.2) is 67.0 Å². The van der Waals surface area contributed by atoms with E-state index in [0.29, 0.717) is 30.1 Å². The summed E-state index contributed by atoms with van der Waals surface area (Å²) in [5, 5.41) is 0. The lowest BCUT2D eigenvalue weighted by Crippen LogP contribution is -2.15. The van der Waals surface area contributed by atoms with Gasteiger partial charge < -0.3 is 14.2 Å². The third kappa shape index (κ3) is 3.62. The maximum atomic E-state index is 12.0. The number of ketones is 1. The van der Waals surface area contributed by atoms with Crippen LogP contribution in [0.25, 0.3) is 0 Å². The number of fused-ring (bicyclic) bond motifs is 1. The Hall–Kier alpha value is -3.34. The average Bonchev–Trinajstić information content (AvgIpc) is 2.73. The number of nitrogens with zero attached hydrogens (tertiary/aromatic N) is 1. The van der Waals surface area contributed by atoms with E-state index >= 15 is 0 Å². The molecule has 0 radical (unpaired) electrons. The van der Waals surface area contributed by atoms with E-state index in [9.17, 15) is 4.79 Å². The standard InChI is InChI=1S/C22H19NO4/c1-25-17-4-2-15(3-5-17)22(16-8-11-23-12-9-16)27-18-6-7-19-20(24)10-13-26-21(19)14-18/h2-9,11-12,14,22H,10,13H2,1H3/t22-/m1/s1. The van der Waals surface area contributed by atoms with Crippen LogP contribution in [-0.2, 0) is 0 Å². The molecule has 1 atom stereocenters. The number of pyridine rings is 1. The van der Waals surface area contributed by atoms with Crippen LogP contribution in [0, 0.1) is 0 Å². The maximum absolute atomic E-state index is 12.0. The van der Waals surface area contributed by atoms with Crippen molar-refractivity contribution in [2.45, 2.75) is 12.5 Å². The third-order valence-electron chi connectivity index (χ3n) is 4.52. The predicted octanol–water partition coefficient (Wildman–Crippen LogP) is 4.22. The van der Waals surface area contributed by atoms with E-state index in [1.165, 1.54) is 0 Å². The van der Waals surface area contributed by atoms with Crippen molar-refractivity contribution >= 4 is 5.78 Å². The van der Waals surface area contributed by atoms with E-state index in [0.717, 1.165) is 16.9 Å². The number of hydrogen-bond acceptors (Lipinski definition) is 5. The highest BCUT2D eigenvalue weighted by Crippen LogP contribution is 2.34. The van der Waals surface area contributed by atoms with Crippen LogP contribution in [0.2, 0.25) is 0 Å². The summed E-state index contributed by atoms with van der Waals surface area (Å²) in [7, 11) is 1.64. The number of ether oxygens (including phenoxy) is 3. The second kappa shape index (κ2) is 7.50. The lowest BCUT2D eigenvalue weighted by atomic mass is 10.0. The first-order valence-electron chi connectivity index (χ1n) is 8.75. The first kappa shape index (κ1) is 17.1. The first-order valence-corrected chi connectivity index (χ1v) is 8.75. The molecule has 0 N–H and O–H groups in total. The summed E-state index contributed by atoms with van der Waals surface area (Å²) >= 11 is 0. The maximum Gasteiger partial charge on any atom is 0.169 e. The number of aromatic nitrogens is 1. The highest BCUT2D eigenvalue weighted by molar-refractivity contribution is 5.99. The molecule has 0 aliphatic carbocycles. The van der Waals surface area contributed by atoms with E-state index in [-0.39, 0.29) is 11.9 Å². The summed E-state index contributed by atoms with van der Waals surface area (Å²) in [5.41, 5.74) is 2.57. The molecule has 1 aromatic heterocycles. The Balaban J connectivity index is 1.68. The van der Waals surface area contributed by atoms with Crippen molar-refractivity contribution in [1.29, 1.82) is 0 Å². The number of methoxy groups -OCH3 is 1. The Bertz CT molecular complexity index is 938. The van der Waals surface area contributed by atoms with Gasteiger partial charge in [0, 0.05) is 24.9 Å². The molecular formula is C22H19NO4. The van der Waals surface area contributed by atoms with Gasteiger partial charge in [0.2, 0.25) is 0 Å². The molecule has 27 heavy (non-hydrogen) atoms. The van der Waals surface area contributed by atoms with Crippen molar-refractivity contribution in [3.8, 4) is 17.2 Å². The van der Waals surface area contributed by atoms with Crippen LogP contribution < -0.4 is 14.2 Å². The Morgan fingerprint density at radius 3 is 2.41 bits per heavy atom. The van der Waals surface area contributed by atoms with Gasteiger partial charge in [-0.3, -0.25) is 9.78 Å². The fraction of sp³-hybridized carbons (Fsp3) is 0.182. The summed E-state index contributed by atoms with van der Waals surface area (Å²) in [6.45, 7) is 0.404. The normalized spacial score (nSPS) is 14.0. The zero-order valence-corrected chi connectivity index (χ0v) is 14.9. The number of carbonyl (C=O) groups is 1. The minimum Gasteiger partial charge on any atom is -0.497 e. The minimum absolute atomic E-state index is 0.101. The van der Waals surface area contributed by atoms with Gasteiger partial charge in [-0.05, 0) is 47.5 Å². The lowest BCUT2D eigenvalue weighted by molar-refractivity contribution is 0.0933. The van der Waals surface area contributed by atoms with Crippen molar-refractivity contribution in [3.63, 3.8) is 0 Å². The molecule has 0 spiro atoms. The number of hydrogen-bond donors (Lipinski definition) is 0. The Kier molecular flexibility index (Phi) is 4.75. The molecule has 0 saturated heterocycles. The average molecular weight is 361 g/mol. The highest BCUT2D eigenvalue weighted by Gasteiger charge is 2.21. The van der Waals surface area contributed by atoms with Gasteiger partial charge in [0.1, 0.15) is 23.4 Å². The Morgan fingerprint density at radius 2 is 1.67 bits per heavy atom. The SMILES string of the molecule is COc1ccc([C@@H](Oc2ccc3c(c2)OCCC3=O)c2ccncc2)cc1. The summed E-state index contributed by atoms with van der Waals surface area (Å²) in [6.07, 6.45) is 3.57. The highest BCUT2D eigenvalue weighted by atomic mass is 16.5. The van der Waals surface area contributed by atoms with Crippen molar-refractivity contribution in [2.75, 3.05) is 13.7 Å². The zero-order chi connectivity index (χ0) is 18.6. The monoisotopic (exact) mass is 361 g/mol. The topological polar surface area (TPSA) is 57.7 Å². The fourth-order valence-electron chi connectivity index (χ4n) is 3.10. The van der Waals surface area contributed by atoms with Crippen LogP contribution >= 0.6 is 0 Å².